The van der Waals surface area contributed by atoms with E-state index in [0.29, 0.717) is 6.79 Å². The fraction of sp³-hybridized carbons (Fsp3) is 0.364. The lowest BCUT2D eigenvalue weighted by Crippen LogP contribution is -2.47. The smallest absolute Gasteiger partial charge is 0.231 e. The molecule has 1 saturated heterocycles. The van der Waals surface area contributed by atoms with E-state index in [0.717, 1.165) is 61.9 Å². The number of rotatable bonds is 5. The van der Waals surface area contributed by atoms with Crippen LogP contribution >= 0.6 is 0 Å². The molecule has 0 saturated carbocycles. The van der Waals surface area contributed by atoms with Gasteiger partial charge in [-0.15, -0.1) is 0 Å². The molecular weight excluding hydrogens is 354 g/mol. The van der Waals surface area contributed by atoms with E-state index in [9.17, 15) is 0 Å². The van der Waals surface area contributed by atoms with Gasteiger partial charge in [-0.1, -0.05) is 12.1 Å². The molecule has 0 amide bonds. The number of anilines is 1. The quantitative estimate of drug-likeness (QED) is 0.737. The number of nitrogens with zero attached hydrogens (tertiary/aromatic N) is 2. The van der Waals surface area contributed by atoms with Gasteiger partial charge in [0.25, 0.3) is 0 Å². The maximum atomic E-state index is 5.54. The van der Waals surface area contributed by atoms with Crippen molar-refractivity contribution in [2.45, 2.75) is 6.42 Å². The molecule has 1 fully saturated rings. The topological polar surface area (TPSA) is 50.0 Å². The minimum absolute atomic E-state index is 0.313. The van der Waals surface area contributed by atoms with Gasteiger partial charge in [0.2, 0.25) is 6.79 Å². The highest BCUT2D eigenvalue weighted by molar-refractivity contribution is 5.87. The number of fused-ring (bicyclic) bond motifs is 2. The van der Waals surface area contributed by atoms with E-state index in [-0.39, 0.29) is 0 Å². The third kappa shape index (κ3) is 3.14. The number of benzene rings is 2. The molecule has 3 heterocycles. The van der Waals surface area contributed by atoms with Gasteiger partial charge >= 0.3 is 0 Å². The third-order valence-electron chi connectivity index (χ3n) is 5.76. The lowest BCUT2D eigenvalue weighted by Gasteiger charge is -2.36. The molecule has 6 heteroatoms. The summed E-state index contributed by atoms with van der Waals surface area (Å²) in [4.78, 5) is 8.33. The highest BCUT2D eigenvalue weighted by Crippen LogP contribution is 2.37. The van der Waals surface area contributed by atoms with Gasteiger partial charge < -0.3 is 24.1 Å². The lowest BCUT2D eigenvalue weighted by atomic mass is 10.1. The molecule has 2 aliphatic rings. The van der Waals surface area contributed by atoms with E-state index in [1.165, 1.54) is 16.6 Å². The summed E-state index contributed by atoms with van der Waals surface area (Å²) in [6.07, 6.45) is 3.14. The molecule has 0 spiro atoms. The van der Waals surface area contributed by atoms with Gasteiger partial charge in [0.05, 0.1) is 12.8 Å². The first-order valence-electron chi connectivity index (χ1n) is 9.82. The van der Waals surface area contributed by atoms with Gasteiger partial charge in [0.15, 0.2) is 11.5 Å². The Morgan fingerprint density at radius 3 is 2.64 bits per heavy atom. The number of ether oxygens (including phenoxy) is 3. The van der Waals surface area contributed by atoms with Crippen LogP contribution in [0.2, 0.25) is 0 Å². The highest BCUT2D eigenvalue weighted by Gasteiger charge is 2.20. The summed E-state index contributed by atoms with van der Waals surface area (Å²) in [6.45, 7) is 5.54. The summed E-state index contributed by atoms with van der Waals surface area (Å²) in [5, 5.41) is 1.23. The second-order valence-electron chi connectivity index (χ2n) is 7.32. The fourth-order valence-corrected chi connectivity index (χ4v) is 4.16. The van der Waals surface area contributed by atoms with Crippen molar-refractivity contribution in [1.82, 2.24) is 9.88 Å². The molecule has 3 aromatic rings. The summed E-state index contributed by atoms with van der Waals surface area (Å²) in [7, 11) is 1.74. The molecule has 0 radical (unpaired) electrons. The molecule has 28 heavy (non-hydrogen) atoms. The second kappa shape index (κ2) is 7.28. The van der Waals surface area contributed by atoms with Gasteiger partial charge in [-0.05, 0) is 30.2 Å². The molecule has 5 rings (SSSR count). The molecule has 0 bridgehead atoms. The molecule has 1 aromatic heterocycles. The molecular formula is C22H25N3O3. The highest BCUT2D eigenvalue weighted by atomic mass is 16.7. The SMILES string of the molecule is COc1ccccc1N1CCN(CCc2c[nH]c3cc4c(cc23)OCO4)CC1. The van der Waals surface area contributed by atoms with Crippen molar-refractivity contribution in [2.24, 2.45) is 0 Å². The first-order chi connectivity index (χ1) is 13.8. The molecule has 1 N–H and O–H groups in total. The van der Waals surface area contributed by atoms with E-state index in [1.807, 2.05) is 18.2 Å². The van der Waals surface area contributed by atoms with Crippen LogP contribution in [0.5, 0.6) is 17.2 Å². The second-order valence-corrected chi connectivity index (χ2v) is 7.32. The van der Waals surface area contributed by atoms with Crippen molar-refractivity contribution in [3.8, 4) is 17.2 Å². The summed E-state index contributed by atoms with van der Waals surface area (Å²) in [5.41, 5.74) is 3.64. The standard InChI is InChI=1S/C22H25N3O3/c1-26-20-5-3-2-4-19(20)25-10-8-24(9-11-25)7-6-16-14-23-18-13-22-21(12-17(16)18)27-15-28-22/h2-5,12-14,23H,6-11,15H2,1H3. The first kappa shape index (κ1) is 17.3. The number of piperazine rings is 1. The summed E-state index contributed by atoms with van der Waals surface area (Å²) in [5.74, 6) is 2.63. The van der Waals surface area contributed by atoms with Crippen LogP contribution in [0.4, 0.5) is 5.69 Å². The van der Waals surface area contributed by atoms with Crippen LogP contribution in [0.25, 0.3) is 10.9 Å². The minimum atomic E-state index is 0.313. The maximum Gasteiger partial charge on any atom is 0.231 e. The number of hydrogen-bond donors (Lipinski definition) is 1. The van der Waals surface area contributed by atoms with Gasteiger partial charge in [0.1, 0.15) is 5.75 Å². The predicted molar refractivity (Wildman–Crippen MR) is 110 cm³/mol. The van der Waals surface area contributed by atoms with Gasteiger partial charge in [-0.3, -0.25) is 4.90 Å². The van der Waals surface area contributed by atoms with E-state index in [1.54, 1.807) is 7.11 Å². The number of H-pyrrole nitrogens is 1. The average molecular weight is 379 g/mol. The molecule has 2 aliphatic heterocycles. The van der Waals surface area contributed by atoms with E-state index >= 15 is 0 Å². The van der Waals surface area contributed by atoms with Crippen LogP contribution in [-0.2, 0) is 6.42 Å². The zero-order chi connectivity index (χ0) is 18.9. The Morgan fingerprint density at radius 2 is 1.82 bits per heavy atom. The van der Waals surface area contributed by atoms with Crippen molar-refractivity contribution < 1.29 is 14.2 Å². The van der Waals surface area contributed by atoms with Gasteiger partial charge in [-0.25, -0.2) is 0 Å². The zero-order valence-corrected chi connectivity index (χ0v) is 16.1. The monoisotopic (exact) mass is 379 g/mol. The van der Waals surface area contributed by atoms with Crippen LogP contribution in [-0.4, -0.2) is 56.5 Å². The minimum Gasteiger partial charge on any atom is -0.495 e. The van der Waals surface area contributed by atoms with E-state index in [2.05, 4.69) is 39.2 Å². The van der Waals surface area contributed by atoms with Crippen molar-refractivity contribution in [2.75, 3.05) is 51.5 Å². The van der Waals surface area contributed by atoms with Gasteiger partial charge in [0, 0.05) is 55.9 Å². The third-order valence-corrected chi connectivity index (χ3v) is 5.76. The van der Waals surface area contributed by atoms with Crippen LogP contribution in [0.1, 0.15) is 5.56 Å². The number of aromatic nitrogens is 1. The Hall–Kier alpha value is -2.86. The zero-order valence-electron chi connectivity index (χ0n) is 16.1. The van der Waals surface area contributed by atoms with Crippen molar-refractivity contribution in [3.05, 3.63) is 48.2 Å². The normalized spacial score (nSPS) is 16.7. The average Bonchev–Trinajstić information content (AvgIpc) is 3.37. The number of methoxy groups -OCH3 is 1. The van der Waals surface area contributed by atoms with Gasteiger partial charge in [-0.2, -0.15) is 0 Å². The van der Waals surface area contributed by atoms with Crippen molar-refractivity contribution in [1.29, 1.82) is 0 Å². The number of hydrogen-bond acceptors (Lipinski definition) is 5. The number of para-hydroxylation sites is 2. The number of aromatic amines is 1. The Kier molecular flexibility index (Phi) is 4.49. The van der Waals surface area contributed by atoms with Crippen molar-refractivity contribution in [3.63, 3.8) is 0 Å². The van der Waals surface area contributed by atoms with E-state index in [4.69, 9.17) is 14.2 Å². The van der Waals surface area contributed by atoms with E-state index < -0.39 is 0 Å². The molecule has 146 valence electrons. The Labute approximate surface area is 164 Å². The van der Waals surface area contributed by atoms with Crippen LogP contribution in [0.3, 0.4) is 0 Å². The Morgan fingerprint density at radius 1 is 1.04 bits per heavy atom. The lowest BCUT2D eigenvalue weighted by molar-refractivity contribution is 0.174. The summed E-state index contributed by atoms with van der Waals surface area (Å²) in [6, 6.07) is 12.4. The maximum absolute atomic E-state index is 5.54. The predicted octanol–water partition coefficient (Wildman–Crippen LogP) is 3.27. The molecule has 6 nitrogen and oxygen atoms in total. The molecule has 0 atom stereocenters. The molecule has 0 unspecified atom stereocenters. The number of nitrogens with one attached hydrogen (secondary N) is 1. The van der Waals surface area contributed by atoms with Crippen LogP contribution < -0.4 is 19.1 Å². The molecule has 2 aromatic carbocycles. The summed E-state index contributed by atoms with van der Waals surface area (Å²) >= 11 is 0. The summed E-state index contributed by atoms with van der Waals surface area (Å²) < 4.78 is 16.5. The first-order valence-corrected chi connectivity index (χ1v) is 9.82. The van der Waals surface area contributed by atoms with Crippen molar-refractivity contribution >= 4 is 16.6 Å². The Balaban J connectivity index is 1.21. The largest absolute Gasteiger partial charge is 0.495 e. The fourth-order valence-electron chi connectivity index (χ4n) is 4.16. The Bertz CT molecular complexity index is 976. The molecule has 0 aliphatic carbocycles. The van der Waals surface area contributed by atoms with Crippen LogP contribution in [0, 0.1) is 0 Å². The van der Waals surface area contributed by atoms with Crippen LogP contribution in [0.15, 0.2) is 42.6 Å².